The summed E-state index contributed by atoms with van der Waals surface area (Å²) in [6.45, 7) is 7.08. The topological polar surface area (TPSA) is 141 Å². The third kappa shape index (κ3) is 3.03. The highest BCUT2D eigenvalue weighted by atomic mass is 35.5. The van der Waals surface area contributed by atoms with Crippen molar-refractivity contribution in [2.45, 2.75) is 0 Å². The van der Waals surface area contributed by atoms with Gasteiger partial charge in [-0.25, -0.2) is 30.1 Å². The molecule has 0 spiro atoms. The molecule has 1 aliphatic heterocycles. The molecule has 2 aromatic carbocycles. The number of benzene rings is 2. The van der Waals surface area contributed by atoms with Gasteiger partial charge >= 0.3 is 5.70 Å². The van der Waals surface area contributed by atoms with Crippen molar-refractivity contribution >= 4 is 22.7 Å². The molecular weight excluding hydrogens is 430 g/mol. The van der Waals surface area contributed by atoms with Gasteiger partial charge < -0.3 is 4.42 Å². The van der Waals surface area contributed by atoms with E-state index in [1.165, 1.54) is 0 Å². The van der Waals surface area contributed by atoms with Crippen molar-refractivity contribution in [3.05, 3.63) is 80.9 Å². The number of nitriles is 2. The summed E-state index contributed by atoms with van der Waals surface area (Å²) in [7, 11) is 0. The van der Waals surface area contributed by atoms with Gasteiger partial charge in [0.05, 0.1) is 23.6 Å². The first-order chi connectivity index (χ1) is 15.6. The van der Waals surface area contributed by atoms with E-state index in [1.807, 2.05) is 12.1 Å². The van der Waals surface area contributed by atoms with Gasteiger partial charge in [-0.2, -0.15) is 15.2 Å². The van der Waals surface area contributed by atoms with Gasteiger partial charge in [0.2, 0.25) is 11.1 Å². The largest absolute Gasteiger partial charge is 0.434 e. The number of allylic oxidation sites excluding steroid dienone is 1. The molecule has 0 radical (unpaired) electrons. The number of oxazole rings is 1. The molecule has 0 N–H and O–H groups in total. The minimum atomic E-state index is -0.270. The summed E-state index contributed by atoms with van der Waals surface area (Å²) in [5.41, 5.74) is 1.36. The summed E-state index contributed by atoms with van der Waals surface area (Å²) in [5, 5.41) is 19.4. The summed E-state index contributed by atoms with van der Waals surface area (Å²) in [4.78, 5) is 28.5. The van der Waals surface area contributed by atoms with Crippen LogP contribution in [0.25, 0.3) is 39.0 Å². The molecule has 5 rings (SSSR count). The molecular formula is C21H6ClN9O. The molecule has 0 saturated heterocycles. The number of rotatable bonds is 2. The van der Waals surface area contributed by atoms with E-state index in [0.717, 1.165) is 0 Å². The van der Waals surface area contributed by atoms with Crippen molar-refractivity contribution in [1.82, 2.24) is 19.9 Å². The Hall–Kier alpha value is -4.98. The molecule has 11 heteroatoms. The zero-order valence-corrected chi connectivity index (χ0v) is 16.5. The first-order valence-electron chi connectivity index (χ1n) is 8.91. The van der Waals surface area contributed by atoms with Crippen molar-refractivity contribution in [1.29, 1.82) is 10.5 Å². The van der Waals surface area contributed by atoms with Gasteiger partial charge in [-0.15, -0.1) is 0 Å². The Morgan fingerprint density at radius 2 is 1.81 bits per heavy atom. The number of aromatic nitrogens is 4. The number of para-hydroxylation sites is 2. The Morgan fingerprint density at radius 1 is 1.00 bits per heavy atom. The van der Waals surface area contributed by atoms with Crippen LogP contribution < -0.4 is 10.7 Å². The van der Waals surface area contributed by atoms with Crippen LogP contribution in [0.1, 0.15) is 5.56 Å². The minimum Gasteiger partial charge on any atom is -0.434 e. The van der Waals surface area contributed by atoms with Crippen molar-refractivity contribution in [3.8, 4) is 35.2 Å². The SMILES string of the molecule is [C-]#[N+]/C(C#N)=C1\N=c2ccc(-c3nc(Cl)nc(-c4nc5ccccc5o4)n3)c(C#N)c2=N1. The van der Waals surface area contributed by atoms with E-state index in [4.69, 9.17) is 27.9 Å². The van der Waals surface area contributed by atoms with Crippen LogP contribution in [0.2, 0.25) is 5.28 Å². The minimum absolute atomic E-state index is 0.0491. The van der Waals surface area contributed by atoms with E-state index >= 15 is 0 Å². The molecule has 0 atom stereocenters. The Kier molecular flexibility index (Phi) is 4.38. The average molecular weight is 436 g/mol. The lowest BCUT2D eigenvalue weighted by Crippen LogP contribution is -2.25. The van der Waals surface area contributed by atoms with Crippen molar-refractivity contribution in [3.63, 3.8) is 0 Å². The summed E-state index contributed by atoms with van der Waals surface area (Å²) in [6.07, 6.45) is 0. The Balaban J connectivity index is 1.71. The van der Waals surface area contributed by atoms with Crippen molar-refractivity contribution in [2.75, 3.05) is 0 Å². The average Bonchev–Trinajstić information content (AvgIpc) is 3.43. The monoisotopic (exact) mass is 435 g/mol. The summed E-state index contributed by atoms with van der Waals surface area (Å²) in [5.74, 6) is 0.312. The van der Waals surface area contributed by atoms with Gasteiger partial charge in [0.1, 0.15) is 16.9 Å². The molecule has 10 nitrogen and oxygen atoms in total. The number of halogens is 1. The highest BCUT2D eigenvalue weighted by Gasteiger charge is 2.20. The summed E-state index contributed by atoms with van der Waals surface area (Å²) < 4.78 is 5.71. The van der Waals surface area contributed by atoms with Gasteiger partial charge in [-0.05, 0) is 35.9 Å². The molecule has 0 aliphatic carbocycles. The maximum atomic E-state index is 9.81. The molecule has 4 aromatic rings. The second kappa shape index (κ2) is 7.37. The van der Waals surface area contributed by atoms with E-state index in [1.54, 1.807) is 30.3 Å². The number of fused-ring (bicyclic) bond motifs is 2. The molecule has 3 heterocycles. The molecule has 0 amide bonds. The Bertz CT molecular complexity index is 1680. The van der Waals surface area contributed by atoms with Crippen molar-refractivity contribution in [2.24, 2.45) is 9.98 Å². The van der Waals surface area contributed by atoms with Gasteiger partial charge in [0.25, 0.3) is 5.89 Å². The van der Waals surface area contributed by atoms with E-state index < -0.39 is 0 Å². The fourth-order valence-electron chi connectivity index (χ4n) is 3.09. The standard InChI is InChI=1S/C21H6ClN9O/c1-25-14(9-24)18-26-13-7-6-10(11(8-23)16(13)28-18)17-29-19(31-21(22)30-17)20-27-12-4-2-3-5-15(12)32-20/h2-7H/b18-14+. The van der Waals surface area contributed by atoms with E-state index in [0.29, 0.717) is 22.0 Å². The van der Waals surface area contributed by atoms with Crippen LogP contribution in [0.4, 0.5) is 0 Å². The van der Waals surface area contributed by atoms with Crippen LogP contribution in [0, 0.1) is 29.2 Å². The summed E-state index contributed by atoms with van der Waals surface area (Å²) in [6, 6.07) is 14.2. The van der Waals surface area contributed by atoms with Crippen LogP contribution in [0.5, 0.6) is 0 Å². The lowest BCUT2D eigenvalue weighted by atomic mass is 10.1. The molecule has 0 saturated carbocycles. The zero-order valence-electron chi connectivity index (χ0n) is 15.8. The van der Waals surface area contributed by atoms with Crippen molar-refractivity contribution < 1.29 is 4.42 Å². The Labute approximate surface area is 184 Å². The van der Waals surface area contributed by atoms with Crippen LogP contribution in [0.15, 0.2) is 62.3 Å². The van der Waals surface area contributed by atoms with Crippen LogP contribution in [0.3, 0.4) is 0 Å². The second-order valence-electron chi connectivity index (χ2n) is 6.33. The third-order valence-electron chi connectivity index (χ3n) is 4.48. The maximum Gasteiger partial charge on any atom is 0.305 e. The fourth-order valence-corrected chi connectivity index (χ4v) is 3.25. The molecule has 148 valence electrons. The highest BCUT2D eigenvalue weighted by Crippen LogP contribution is 2.25. The number of hydrogen-bond donors (Lipinski definition) is 0. The number of hydrogen-bond acceptors (Lipinski definition) is 9. The second-order valence-corrected chi connectivity index (χ2v) is 6.66. The molecule has 0 unspecified atom stereocenters. The van der Waals surface area contributed by atoms with Crippen LogP contribution in [-0.2, 0) is 0 Å². The molecule has 2 aromatic heterocycles. The third-order valence-corrected chi connectivity index (χ3v) is 4.65. The van der Waals surface area contributed by atoms with Crippen LogP contribution in [-0.4, -0.2) is 19.9 Å². The van der Waals surface area contributed by atoms with Gasteiger partial charge in [0, 0.05) is 5.56 Å². The lowest BCUT2D eigenvalue weighted by Gasteiger charge is -2.04. The Morgan fingerprint density at radius 3 is 2.56 bits per heavy atom. The molecule has 32 heavy (non-hydrogen) atoms. The van der Waals surface area contributed by atoms with Gasteiger partial charge in [-0.1, -0.05) is 12.1 Å². The molecule has 0 fully saturated rings. The van der Waals surface area contributed by atoms with E-state index in [2.05, 4.69) is 40.8 Å². The fraction of sp³-hybridized carbons (Fsp3) is 0. The predicted octanol–water partition coefficient (Wildman–Crippen LogP) is 2.74. The van der Waals surface area contributed by atoms with Crippen LogP contribution >= 0.6 is 11.6 Å². The predicted molar refractivity (Wildman–Crippen MR) is 110 cm³/mol. The number of nitrogens with zero attached hydrogens (tertiary/aromatic N) is 9. The van der Waals surface area contributed by atoms with E-state index in [9.17, 15) is 5.26 Å². The zero-order chi connectivity index (χ0) is 22.2. The smallest absolute Gasteiger partial charge is 0.305 e. The molecule has 0 bridgehead atoms. The van der Waals surface area contributed by atoms with Gasteiger partial charge in [-0.3, -0.25) is 0 Å². The highest BCUT2D eigenvalue weighted by molar-refractivity contribution is 6.28. The molecule has 1 aliphatic rings. The quantitative estimate of drug-likeness (QED) is 0.348. The summed E-state index contributed by atoms with van der Waals surface area (Å²) >= 11 is 6.13. The van der Waals surface area contributed by atoms with E-state index in [-0.39, 0.29) is 45.3 Å². The first kappa shape index (κ1) is 19.0. The first-order valence-corrected chi connectivity index (χ1v) is 9.29. The van der Waals surface area contributed by atoms with Gasteiger partial charge in [0.15, 0.2) is 17.2 Å². The lowest BCUT2D eigenvalue weighted by molar-refractivity contribution is 0.612. The maximum absolute atomic E-state index is 9.81. The normalized spacial score (nSPS) is 13.3.